The number of anilines is 1. The van der Waals surface area contributed by atoms with E-state index in [0.717, 1.165) is 76.7 Å². The maximum atomic E-state index is 13.2. The van der Waals surface area contributed by atoms with Crippen molar-refractivity contribution in [2.45, 2.75) is 6.54 Å². The van der Waals surface area contributed by atoms with Crippen LogP contribution in [0.5, 0.6) is 0 Å². The van der Waals surface area contributed by atoms with Crippen LogP contribution in [-0.4, -0.2) is 79.5 Å². The van der Waals surface area contributed by atoms with Crippen molar-refractivity contribution < 1.29 is 9.18 Å². The number of carbonyl (C=O) groups is 1. The van der Waals surface area contributed by atoms with Crippen LogP contribution >= 0.6 is 0 Å². The first-order valence-corrected chi connectivity index (χ1v) is 11.1. The second-order valence-electron chi connectivity index (χ2n) is 8.32. The predicted molar refractivity (Wildman–Crippen MR) is 123 cm³/mol. The lowest BCUT2D eigenvalue weighted by Crippen LogP contribution is -2.48. The molecule has 6 heteroatoms. The number of hydrogen-bond acceptors (Lipinski definition) is 4. The third kappa shape index (κ3) is 5.51. The first-order chi connectivity index (χ1) is 15.1. The zero-order valence-electron chi connectivity index (χ0n) is 18.0. The smallest absolute Gasteiger partial charge is 0.253 e. The Kier molecular flexibility index (Phi) is 6.99. The summed E-state index contributed by atoms with van der Waals surface area (Å²) in [6.07, 6.45) is 1.92. The van der Waals surface area contributed by atoms with Crippen LogP contribution in [0, 0.1) is 5.82 Å². The van der Waals surface area contributed by atoms with E-state index in [9.17, 15) is 9.18 Å². The highest BCUT2D eigenvalue weighted by atomic mass is 19.1. The quantitative estimate of drug-likeness (QED) is 0.670. The summed E-state index contributed by atoms with van der Waals surface area (Å²) in [7, 11) is 0. The van der Waals surface area contributed by atoms with Crippen LogP contribution in [0.1, 0.15) is 15.9 Å². The molecular formula is C25H31FN4O. The minimum atomic E-state index is -0.199. The van der Waals surface area contributed by atoms with E-state index in [-0.39, 0.29) is 11.7 Å². The van der Waals surface area contributed by atoms with Gasteiger partial charge in [-0.05, 0) is 42.0 Å². The van der Waals surface area contributed by atoms with Gasteiger partial charge in [-0.2, -0.15) is 0 Å². The Balaban J connectivity index is 1.30. The van der Waals surface area contributed by atoms with Crippen LogP contribution in [0.15, 0.2) is 61.2 Å². The zero-order valence-corrected chi connectivity index (χ0v) is 18.0. The number of amides is 1. The maximum absolute atomic E-state index is 13.2. The molecule has 0 aliphatic carbocycles. The van der Waals surface area contributed by atoms with Gasteiger partial charge in [0.25, 0.3) is 5.91 Å². The van der Waals surface area contributed by atoms with Gasteiger partial charge in [-0.3, -0.25) is 14.6 Å². The van der Waals surface area contributed by atoms with Crippen LogP contribution in [0.25, 0.3) is 0 Å². The molecule has 0 N–H and O–H groups in total. The standard InChI is InChI=1S/C25H31FN4O/c1-2-10-27-11-17-30(18-12-27)25(31)22-5-3-4-21(19-22)20-28-13-15-29(16-14-28)24-8-6-23(26)7-9-24/h2-9,19H,1,10-18,20H2. The van der Waals surface area contributed by atoms with Gasteiger partial charge in [0.15, 0.2) is 0 Å². The lowest BCUT2D eigenvalue weighted by molar-refractivity contribution is 0.0650. The molecule has 164 valence electrons. The first kappa shape index (κ1) is 21.5. The average Bonchev–Trinajstić information content (AvgIpc) is 2.81. The van der Waals surface area contributed by atoms with Gasteiger partial charge in [0, 0.05) is 76.7 Å². The van der Waals surface area contributed by atoms with E-state index in [1.165, 1.54) is 17.7 Å². The minimum absolute atomic E-state index is 0.126. The Hall–Kier alpha value is -2.70. The molecule has 2 fully saturated rings. The minimum Gasteiger partial charge on any atom is -0.369 e. The van der Waals surface area contributed by atoms with Gasteiger partial charge in [-0.25, -0.2) is 4.39 Å². The lowest BCUT2D eigenvalue weighted by atomic mass is 10.1. The number of nitrogens with zero attached hydrogens (tertiary/aromatic N) is 4. The van der Waals surface area contributed by atoms with Gasteiger partial charge >= 0.3 is 0 Å². The van der Waals surface area contributed by atoms with Crippen LogP contribution in [-0.2, 0) is 6.54 Å². The normalized spacial score (nSPS) is 18.2. The molecule has 31 heavy (non-hydrogen) atoms. The van der Waals surface area contributed by atoms with Crippen LogP contribution < -0.4 is 4.90 Å². The van der Waals surface area contributed by atoms with Gasteiger partial charge in [0.05, 0.1) is 0 Å². The highest BCUT2D eigenvalue weighted by Gasteiger charge is 2.22. The molecular weight excluding hydrogens is 391 g/mol. The Bertz CT molecular complexity index is 885. The Morgan fingerprint density at radius 1 is 0.903 bits per heavy atom. The third-order valence-corrected chi connectivity index (χ3v) is 6.19. The molecule has 0 aromatic heterocycles. The van der Waals surface area contributed by atoms with E-state index >= 15 is 0 Å². The molecule has 2 aromatic carbocycles. The fourth-order valence-corrected chi connectivity index (χ4v) is 4.38. The van der Waals surface area contributed by atoms with E-state index in [1.54, 1.807) is 0 Å². The van der Waals surface area contributed by atoms with Crippen molar-refractivity contribution in [3.8, 4) is 0 Å². The van der Waals surface area contributed by atoms with Crippen LogP contribution in [0.4, 0.5) is 10.1 Å². The van der Waals surface area contributed by atoms with Crippen molar-refractivity contribution in [1.29, 1.82) is 0 Å². The van der Waals surface area contributed by atoms with Crippen molar-refractivity contribution in [3.05, 3.63) is 78.1 Å². The van der Waals surface area contributed by atoms with Gasteiger partial charge in [0.2, 0.25) is 0 Å². The number of benzene rings is 2. The van der Waals surface area contributed by atoms with Gasteiger partial charge in [0.1, 0.15) is 5.82 Å². The second-order valence-corrected chi connectivity index (χ2v) is 8.32. The Morgan fingerprint density at radius 3 is 2.26 bits per heavy atom. The number of piperazine rings is 2. The molecule has 0 unspecified atom stereocenters. The number of halogens is 1. The van der Waals surface area contributed by atoms with Crippen molar-refractivity contribution >= 4 is 11.6 Å². The van der Waals surface area contributed by atoms with Gasteiger partial charge < -0.3 is 9.80 Å². The average molecular weight is 423 g/mol. The molecule has 2 aromatic rings. The third-order valence-electron chi connectivity index (χ3n) is 6.19. The summed E-state index contributed by atoms with van der Waals surface area (Å²) in [5, 5.41) is 0. The monoisotopic (exact) mass is 422 g/mol. The zero-order chi connectivity index (χ0) is 21.6. The summed E-state index contributed by atoms with van der Waals surface area (Å²) in [5.41, 5.74) is 3.02. The number of carbonyl (C=O) groups excluding carboxylic acids is 1. The van der Waals surface area contributed by atoms with Crippen molar-refractivity contribution in [1.82, 2.24) is 14.7 Å². The Labute approximate surface area is 184 Å². The molecule has 4 rings (SSSR count). The fraction of sp³-hybridized carbons (Fsp3) is 0.400. The maximum Gasteiger partial charge on any atom is 0.253 e. The summed E-state index contributed by atoms with van der Waals surface area (Å²) in [6, 6.07) is 14.8. The van der Waals surface area contributed by atoms with Crippen LogP contribution in [0.3, 0.4) is 0 Å². The first-order valence-electron chi connectivity index (χ1n) is 11.1. The molecule has 0 radical (unpaired) electrons. The van der Waals surface area contributed by atoms with E-state index in [4.69, 9.17) is 0 Å². The molecule has 2 heterocycles. The second kappa shape index (κ2) is 10.1. The molecule has 0 atom stereocenters. The van der Waals surface area contributed by atoms with E-state index in [1.807, 2.05) is 41.3 Å². The predicted octanol–water partition coefficient (Wildman–Crippen LogP) is 3.09. The topological polar surface area (TPSA) is 30.0 Å². The molecule has 2 aliphatic rings. The van der Waals surface area contributed by atoms with E-state index in [2.05, 4.69) is 27.3 Å². The molecule has 0 saturated carbocycles. The van der Waals surface area contributed by atoms with Crippen molar-refractivity contribution in [2.75, 3.05) is 63.8 Å². The Morgan fingerprint density at radius 2 is 1.58 bits per heavy atom. The fourth-order valence-electron chi connectivity index (χ4n) is 4.38. The molecule has 2 saturated heterocycles. The number of rotatable bonds is 6. The van der Waals surface area contributed by atoms with Crippen molar-refractivity contribution in [3.63, 3.8) is 0 Å². The summed E-state index contributed by atoms with van der Waals surface area (Å²) >= 11 is 0. The molecule has 5 nitrogen and oxygen atoms in total. The largest absolute Gasteiger partial charge is 0.369 e. The number of hydrogen-bond donors (Lipinski definition) is 0. The summed E-state index contributed by atoms with van der Waals surface area (Å²) in [5.74, 6) is -0.0725. The SMILES string of the molecule is C=CCN1CCN(C(=O)c2cccc(CN3CCN(c4ccc(F)cc4)CC3)c2)CC1. The molecule has 0 bridgehead atoms. The van der Waals surface area contributed by atoms with E-state index < -0.39 is 0 Å². The lowest BCUT2D eigenvalue weighted by Gasteiger charge is -2.36. The molecule has 1 amide bonds. The highest BCUT2D eigenvalue weighted by Crippen LogP contribution is 2.19. The van der Waals surface area contributed by atoms with Crippen molar-refractivity contribution in [2.24, 2.45) is 0 Å². The molecule has 0 spiro atoms. The highest BCUT2D eigenvalue weighted by molar-refractivity contribution is 5.94. The molecule has 2 aliphatic heterocycles. The summed E-state index contributed by atoms with van der Waals surface area (Å²) < 4.78 is 13.2. The van der Waals surface area contributed by atoms with Crippen LogP contribution in [0.2, 0.25) is 0 Å². The summed E-state index contributed by atoms with van der Waals surface area (Å²) in [4.78, 5) is 22.0. The summed E-state index contributed by atoms with van der Waals surface area (Å²) in [6.45, 7) is 12.6. The van der Waals surface area contributed by atoms with Gasteiger partial charge in [-0.15, -0.1) is 6.58 Å². The van der Waals surface area contributed by atoms with Gasteiger partial charge in [-0.1, -0.05) is 18.2 Å². The van der Waals surface area contributed by atoms with E-state index in [0.29, 0.717) is 0 Å².